The maximum absolute atomic E-state index is 12.8. The number of methoxy groups -OCH3 is 2. The number of carbonyl (C=O) groups excluding carboxylic acids is 1. The predicted octanol–water partition coefficient (Wildman–Crippen LogP) is 3.13. The van der Waals surface area contributed by atoms with Crippen molar-refractivity contribution in [2.24, 2.45) is 9.98 Å². The molecule has 1 amide bonds. The van der Waals surface area contributed by atoms with Crippen molar-refractivity contribution in [2.75, 3.05) is 27.4 Å². The minimum absolute atomic E-state index is 0.0460. The minimum Gasteiger partial charge on any atom is -0.382 e. The standard InChI is InChI=1S/C24H31N5O3/c1-5-6-17-11-19(22-23(27-17)26-14(2)25-22)21-10-16-9-15(7-8-20(16)29-21)24(30)28-18(12-31-3)13-32-4/h7-11,18-19,22,29H,5-6,12-13H2,1-4H3,(H,28,30)(H,25,26,27). The van der Waals surface area contributed by atoms with E-state index in [0.717, 1.165) is 41.1 Å². The summed E-state index contributed by atoms with van der Waals surface area (Å²) in [5, 5.41) is 7.42. The number of hydrogen-bond donors (Lipinski definition) is 3. The van der Waals surface area contributed by atoms with E-state index in [4.69, 9.17) is 14.5 Å². The molecule has 0 saturated carbocycles. The lowest BCUT2D eigenvalue weighted by molar-refractivity contribution is 0.0779. The number of nitrogens with zero attached hydrogens (tertiary/aromatic N) is 2. The fourth-order valence-electron chi connectivity index (χ4n) is 4.35. The molecule has 0 saturated heterocycles. The van der Waals surface area contributed by atoms with Crippen LogP contribution in [0.4, 0.5) is 0 Å². The summed E-state index contributed by atoms with van der Waals surface area (Å²) in [6.07, 6.45) is 4.28. The number of fused-ring (bicyclic) bond motifs is 2. The number of rotatable bonds is 9. The molecular weight excluding hydrogens is 406 g/mol. The Morgan fingerprint density at radius 1 is 1.22 bits per heavy atom. The van der Waals surface area contributed by atoms with Gasteiger partial charge in [0.2, 0.25) is 0 Å². The van der Waals surface area contributed by atoms with Gasteiger partial charge in [-0.15, -0.1) is 0 Å². The molecule has 32 heavy (non-hydrogen) atoms. The molecule has 0 fully saturated rings. The Bertz CT molecular complexity index is 1080. The van der Waals surface area contributed by atoms with Crippen LogP contribution in [0.1, 0.15) is 48.7 Å². The van der Waals surface area contributed by atoms with Gasteiger partial charge in [0.1, 0.15) is 17.7 Å². The Balaban J connectivity index is 1.60. The SMILES string of the molecule is CCCC1=CC(c2cc3cc(C(=O)NC(COC)COC)ccc3[nH]2)C2N=C(C)N=C2N1. The smallest absolute Gasteiger partial charge is 0.251 e. The van der Waals surface area contributed by atoms with Gasteiger partial charge in [0, 0.05) is 48.0 Å². The molecule has 3 heterocycles. The summed E-state index contributed by atoms with van der Waals surface area (Å²) < 4.78 is 10.3. The van der Waals surface area contributed by atoms with E-state index in [-0.39, 0.29) is 23.9 Å². The van der Waals surface area contributed by atoms with Crippen molar-refractivity contribution in [3.63, 3.8) is 0 Å². The highest BCUT2D eigenvalue weighted by Gasteiger charge is 2.34. The van der Waals surface area contributed by atoms with Gasteiger partial charge in [-0.05, 0) is 37.6 Å². The summed E-state index contributed by atoms with van der Waals surface area (Å²) in [5.74, 6) is 1.64. The van der Waals surface area contributed by atoms with Crippen molar-refractivity contribution in [2.45, 2.75) is 44.7 Å². The Morgan fingerprint density at radius 2 is 2.00 bits per heavy atom. The first kappa shape index (κ1) is 22.2. The Morgan fingerprint density at radius 3 is 2.72 bits per heavy atom. The molecule has 2 aliphatic rings. The maximum atomic E-state index is 12.8. The largest absolute Gasteiger partial charge is 0.382 e. The average molecular weight is 438 g/mol. The number of nitrogens with one attached hydrogen (secondary N) is 3. The molecule has 0 bridgehead atoms. The topological polar surface area (TPSA) is 100 Å². The molecule has 2 aliphatic heterocycles. The molecule has 8 heteroatoms. The molecule has 2 aromatic rings. The highest BCUT2D eigenvalue weighted by molar-refractivity contribution is 6.06. The first-order chi connectivity index (χ1) is 15.5. The van der Waals surface area contributed by atoms with E-state index in [1.165, 1.54) is 5.70 Å². The third-order valence-electron chi connectivity index (χ3n) is 5.75. The van der Waals surface area contributed by atoms with Crippen molar-refractivity contribution in [1.29, 1.82) is 0 Å². The highest BCUT2D eigenvalue weighted by Crippen LogP contribution is 2.33. The van der Waals surface area contributed by atoms with Gasteiger partial charge in [0.25, 0.3) is 5.91 Å². The predicted molar refractivity (Wildman–Crippen MR) is 127 cm³/mol. The number of amides is 1. The number of ether oxygens (including phenoxy) is 2. The lowest BCUT2D eigenvalue weighted by Gasteiger charge is -2.27. The van der Waals surface area contributed by atoms with Crippen molar-refractivity contribution < 1.29 is 14.3 Å². The molecule has 0 spiro atoms. The summed E-state index contributed by atoms with van der Waals surface area (Å²) in [6, 6.07) is 7.57. The van der Waals surface area contributed by atoms with E-state index < -0.39 is 0 Å². The van der Waals surface area contributed by atoms with Crippen molar-refractivity contribution in [1.82, 2.24) is 15.6 Å². The van der Waals surface area contributed by atoms with Crippen LogP contribution in [0.3, 0.4) is 0 Å². The van der Waals surface area contributed by atoms with Gasteiger partial charge in [-0.25, -0.2) is 4.99 Å². The second-order valence-electron chi connectivity index (χ2n) is 8.32. The molecule has 3 N–H and O–H groups in total. The van der Waals surface area contributed by atoms with Crippen molar-refractivity contribution in [3.8, 4) is 0 Å². The molecule has 0 aliphatic carbocycles. The Hall–Kier alpha value is -2.97. The van der Waals surface area contributed by atoms with E-state index >= 15 is 0 Å². The molecule has 0 radical (unpaired) electrons. The minimum atomic E-state index is -0.201. The third-order valence-corrected chi connectivity index (χ3v) is 5.75. The number of aromatic amines is 1. The maximum Gasteiger partial charge on any atom is 0.251 e. The lowest BCUT2D eigenvalue weighted by Crippen LogP contribution is -2.41. The number of aliphatic imine (C=N–C) groups is 2. The van der Waals surface area contributed by atoms with Gasteiger partial charge in [0.05, 0.1) is 19.3 Å². The quantitative estimate of drug-likeness (QED) is 0.561. The molecule has 170 valence electrons. The van der Waals surface area contributed by atoms with Crippen LogP contribution in [0.25, 0.3) is 10.9 Å². The van der Waals surface area contributed by atoms with E-state index in [1.54, 1.807) is 14.2 Å². The molecule has 8 nitrogen and oxygen atoms in total. The Kier molecular flexibility index (Phi) is 6.72. The third kappa shape index (κ3) is 4.61. The number of amidine groups is 2. The van der Waals surface area contributed by atoms with Gasteiger partial charge in [-0.3, -0.25) is 9.79 Å². The lowest BCUT2D eigenvalue weighted by atomic mass is 9.90. The van der Waals surface area contributed by atoms with Crippen LogP contribution in [0.5, 0.6) is 0 Å². The number of carbonyl (C=O) groups is 1. The Labute approximate surface area is 188 Å². The second kappa shape index (κ2) is 9.67. The van der Waals surface area contributed by atoms with E-state index in [9.17, 15) is 4.79 Å². The number of hydrogen-bond acceptors (Lipinski definition) is 6. The number of allylic oxidation sites excluding steroid dienone is 1. The summed E-state index contributed by atoms with van der Waals surface area (Å²) in [7, 11) is 3.21. The number of H-pyrrole nitrogens is 1. The molecule has 2 atom stereocenters. The number of aromatic nitrogens is 1. The van der Waals surface area contributed by atoms with Crippen LogP contribution in [0.2, 0.25) is 0 Å². The summed E-state index contributed by atoms with van der Waals surface area (Å²) >= 11 is 0. The van der Waals surface area contributed by atoms with E-state index in [2.05, 4.69) is 39.7 Å². The number of benzene rings is 1. The monoisotopic (exact) mass is 437 g/mol. The van der Waals surface area contributed by atoms with Gasteiger partial charge >= 0.3 is 0 Å². The van der Waals surface area contributed by atoms with Crippen LogP contribution >= 0.6 is 0 Å². The van der Waals surface area contributed by atoms with E-state index in [0.29, 0.717) is 18.8 Å². The van der Waals surface area contributed by atoms with Crippen LogP contribution in [-0.4, -0.2) is 62.1 Å². The first-order valence-corrected chi connectivity index (χ1v) is 11.0. The second-order valence-corrected chi connectivity index (χ2v) is 8.32. The zero-order valence-corrected chi connectivity index (χ0v) is 19.1. The zero-order chi connectivity index (χ0) is 22.7. The fourth-order valence-corrected chi connectivity index (χ4v) is 4.35. The van der Waals surface area contributed by atoms with Crippen LogP contribution < -0.4 is 10.6 Å². The van der Waals surface area contributed by atoms with Crippen LogP contribution in [0.15, 0.2) is 46.0 Å². The summed E-state index contributed by atoms with van der Waals surface area (Å²) in [4.78, 5) is 25.6. The first-order valence-electron chi connectivity index (χ1n) is 11.0. The van der Waals surface area contributed by atoms with Gasteiger partial charge in [0.15, 0.2) is 0 Å². The van der Waals surface area contributed by atoms with Gasteiger partial charge < -0.3 is 25.1 Å². The molecular formula is C24H31N5O3. The van der Waals surface area contributed by atoms with Crippen LogP contribution in [0, 0.1) is 0 Å². The zero-order valence-electron chi connectivity index (χ0n) is 19.1. The van der Waals surface area contributed by atoms with Crippen molar-refractivity contribution in [3.05, 3.63) is 47.3 Å². The molecule has 2 unspecified atom stereocenters. The van der Waals surface area contributed by atoms with Crippen molar-refractivity contribution >= 4 is 28.5 Å². The summed E-state index contributed by atoms with van der Waals surface area (Å²) in [5.41, 5.74) is 3.84. The van der Waals surface area contributed by atoms with Crippen LogP contribution in [-0.2, 0) is 9.47 Å². The molecule has 1 aromatic carbocycles. The average Bonchev–Trinajstić information content (AvgIpc) is 3.35. The fraction of sp³-hybridized carbons (Fsp3) is 0.458. The van der Waals surface area contributed by atoms with Gasteiger partial charge in [-0.2, -0.15) is 0 Å². The molecule has 4 rings (SSSR count). The normalized spacial score (nSPS) is 20.0. The molecule has 1 aromatic heterocycles. The highest BCUT2D eigenvalue weighted by atomic mass is 16.5. The van der Waals surface area contributed by atoms with E-state index in [1.807, 2.05) is 25.1 Å². The van der Waals surface area contributed by atoms with Gasteiger partial charge in [-0.1, -0.05) is 19.4 Å². The summed E-state index contributed by atoms with van der Waals surface area (Å²) in [6.45, 7) is 4.88.